The molecule has 0 aromatic heterocycles. The Hall–Kier alpha value is -1.56. The lowest BCUT2D eigenvalue weighted by molar-refractivity contribution is -0.146. The molecule has 0 radical (unpaired) electrons. The molecule has 0 rings (SSSR count). The van der Waals surface area contributed by atoms with Crippen LogP contribution in [0.5, 0.6) is 0 Å². The highest BCUT2D eigenvalue weighted by Gasteiger charge is 2.15. The predicted molar refractivity (Wildman–Crippen MR) is 186 cm³/mol. The summed E-state index contributed by atoms with van der Waals surface area (Å²) in [6.07, 6.45) is 33.3. The van der Waals surface area contributed by atoms with Gasteiger partial charge in [-0.05, 0) is 71.9 Å². The Balaban J connectivity index is 4.22. The molecule has 0 amide bonds. The van der Waals surface area contributed by atoms with Crippen LogP contribution in [0.1, 0.15) is 181 Å². The normalized spacial score (nSPS) is 13.0. The van der Waals surface area contributed by atoms with E-state index in [-0.39, 0.29) is 18.2 Å². The molecule has 2 unspecified atom stereocenters. The maximum Gasteiger partial charge on any atom is 0.508 e. The van der Waals surface area contributed by atoms with E-state index in [1.165, 1.54) is 110 Å². The molecule has 0 saturated carbocycles. The van der Waals surface area contributed by atoms with E-state index in [1.807, 2.05) is 14.1 Å². The van der Waals surface area contributed by atoms with Gasteiger partial charge in [0.05, 0.1) is 6.61 Å². The van der Waals surface area contributed by atoms with Crippen molar-refractivity contribution < 1.29 is 23.8 Å². The summed E-state index contributed by atoms with van der Waals surface area (Å²) in [5.74, 6) is -0.174. The number of nitrogens with zero attached hydrogens (tertiary/aromatic N) is 1. The van der Waals surface area contributed by atoms with Crippen LogP contribution < -0.4 is 0 Å². The van der Waals surface area contributed by atoms with Gasteiger partial charge in [-0.3, -0.25) is 4.79 Å². The zero-order valence-electron chi connectivity index (χ0n) is 29.9. The number of hydrogen-bond acceptors (Lipinski definition) is 6. The molecular weight excluding hydrogens is 550 g/mol. The van der Waals surface area contributed by atoms with Crippen molar-refractivity contribution in [1.82, 2.24) is 4.90 Å². The molecule has 44 heavy (non-hydrogen) atoms. The number of esters is 1. The average molecular weight is 624 g/mol. The fourth-order valence-electron chi connectivity index (χ4n) is 5.62. The Morgan fingerprint density at radius 1 is 0.591 bits per heavy atom. The van der Waals surface area contributed by atoms with Crippen molar-refractivity contribution in [3.05, 3.63) is 12.2 Å². The lowest BCUT2D eigenvalue weighted by Crippen LogP contribution is -2.21. The molecule has 0 fully saturated rings. The summed E-state index contributed by atoms with van der Waals surface area (Å²) in [5, 5.41) is 0. The molecule has 260 valence electrons. The van der Waals surface area contributed by atoms with Crippen LogP contribution in [0, 0.1) is 0 Å². The van der Waals surface area contributed by atoms with Crippen LogP contribution in [0.3, 0.4) is 0 Å². The lowest BCUT2D eigenvalue weighted by Gasteiger charge is -2.18. The first kappa shape index (κ1) is 42.4. The van der Waals surface area contributed by atoms with Gasteiger partial charge >= 0.3 is 12.1 Å². The predicted octanol–water partition coefficient (Wildman–Crippen LogP) is 11.3. The Labute approximate surface area is 273 Å². The van der Waals surface area contributed by atoms with Crippen molar-refractivity contribution in [2.24, 2.45) is 0 Å². The molecule has 6 heteroatoms. The second kappa shape index (κ2) is 32.8. The third kappa shape index (κ3) is 31.9. The van der Waals surface area contributed by atoms with E-state index in [0.717, 1.165) is 64.3 Å². The molecule has 0 aromatic rings. The number of carbonyl (C=O) groups is 2. The molecule has 0 N–H and O–H groups in total. The van der Waals surface area contributed by atoms with Crippen LogP contribution in [-0.2, 0) is 19.0 Å². The van der Waals surface area contributed by atoms with Crippen LogP contribution in [0.2, 0.25) is 0 Å². The fraction of sp³-hybridized carbons (Fsp3) is 0.895. The van der Waals surface area contributed by atoms with Crippen molar-refractivity contribution in [2.45, 2.75) is 193 Å². The van der Waals surface area contributed by atoms with Crippen LogP contribution in [-0.4, -0.2) is 56.5 Å². The van der Waals surface area contributed by atoms with Gasteiger partial charge in [-0.25, -0.2) is 4.79 Å². The van der Waals surface area contributed by atoms with E-state index in [4.69, 9.17) is 14.2 Å². The largest absolute Gasteiger partial charge is 0.508 e. The number of unbranched alkanes of at least 4 members (excludes halogenated alkanes) is 17. The molecule has 0 bridgehead atoms. The summed E-state index contributed by atoms with van der Waals surface area (Å²) in [5.41, 5.74) is 0. The van der Waals surface area contributed by atoms with Gasteiger partial charge in [-0.1, -0.05) is 122 Å². The summed E-state index contributed by atoms with van der Waals surface area (Å²) < 4.78 is 16.6. The maximum absolute atomic E-state index is 12.3. The molecule has 0 aromatic carbocycles. The summed E-state index contributed by atoms with van der Waals surface area (Å²) in [6.45, 7) is 7.31. The third-order valence-corrected chi connectivity index (χ3v) is 8.29. The van der Waals surface area contributed by atoms with Gasteiger partial charge in [-0.15, -0.1) is 0 Å². The Morgan fingerprint density at radius 3 is 1.59 bits per heavy atom. The summed E-state index contributed by atoms with van der Waals surface area (Å²) in [6, 6.07) is 0. The Bertz CT molecular complexity index is 666. The third-order valence-electron chi connectivity index (χ3n) is 8.29. The van der Waals surface area contributed by atoms with Crippen LogP contribution in [0.15, 0.2) is 12.2 Å². The molecule has 0 aliphatic carbocycles. The summed E-state index contributed by atoms with van der Waals surface area (Å²) in [4.78, 5) is 25.8. The van der Waals surface area contributed by atoms with Crippen LogP contribution >= 0.6 is 0 Å². The minimum absolute atomic E-state index is 0.0198. The zero-order valence-corrected chi connectivity index (χ0v) is 29.9. The molecular formula is C38H73NO5. The minimum atomic E-state index is -0.496. The van der Waals surface area contributed by atoms with E-state index in [2.05, 4.69) is 30.9 Å². The number of allylic oxidation sites excluding steroid dienone is 1. The number of hydrogen-bond donors (Lipinski definition) is 0. The summed E-state index contributed by atoms with van der Waals surface area (Å²) in [7, 11) is 4.05. The highest BCUT2D eigenvalue weighted by molar-refractivity contribution is 5.66. The van der Waals surface area contributed by atoms with E-state index in [9.17, 15) is 9.59 Å². The first-order chi connectivity index (χ1) is 21.4. The monoisotopic (exact) mass is 624 g/mol. The van der Waals surface area contributed by atoms with Crippen molar-refractivity contribution in [2.75, 3.05) is 27.2 Å². The van der Waals surface area contributed by atoms with Crippen LogP contribution in [0.4, 0.5) is 4.79 Å². The van der Waals surface area contributed by atoms with Crippen molar-refractivity contribution >= 4 is 12.1 Å². The first-order valence-corrected chi connectivity index (χ1v) is 18.7. The quantitative estimate of drug-likeness (QED) is 0.0422. The van der Waals surface area contributed by atoms with Gasteiger partial charge in [0.25, 0.3) is 0 Å². The van der Waals surface area contributed by atoms with Gasteiger partial charge < -0.3 is 19.1 Å². The molecule has 2 atom stereocenters. The van der Waals surface area contributed by atoms with Crippen LogP contribution in [0.25, 0.3) is 0 Å². The number of rotatable bonds is 32. The Morgan fingerprint density at radius 2 is 1.07 bits per heavy atom. The van der Waals surface area contributed by atoms with Gasteiger partial charge in [0, 0.05) is 19.9 Å². The molecule has 0 aliphatic heterocycles. The van der Waals surface area contributed by atoms with Crippen molar-refractivity contribution in [3.8, 4) is 0 Å². The average Bonchev–Trinajstić information content (AvgIpc) is 2.98. The highest BCUT2D eigenvalue weighted by Crippen LogP contribution is 2.18. The maximum atomic E-state index is 12.3. The molecule has 0 aliphatic rings. The second-order valence-corrected chi connectivity index (χ2v) is 13.1. The minimum Gasteiger partial charge on any atom is -0.462 e. The van der Waals surface area contributed by atoms with E-state index in [1.54, 1.807) is 0 Å². The lowest BCUT2D eigenvalue weighted by atomic mass is 10.0. The van der Waals surface area contributed by atoms with E-state index in [0.29, 0.717) is 6.61 Å². The number of ether oxygens (including phenoxy) is 3. The standard InChI is InChI=1S/C38H73NO5/c1-6-8-10-12-13-14-15-18-22-26-31-37(44-38(41)42-34-28-33-39(4)5)32-27-23-20-17-16-19-21-25-30-36(43-35(3)40)29-24-11-9-7-2/h21,25,36-37H,6-20,22-24,26-34H2,1-5H3/b25-21-. The highest BCUT2D eigenvalue weighted by atomic mass is 16.7. The smallest absolute Gasteiger partial charge is 0.462 e. The molecule has 0 spiro atoms. The molecule has 0 heterocycles. The van der Waals surface area contributed by atoms with Gasteiger partial charge in [-0.2, -0.15) is 0 Å². The zero-order chi connectivity index (χ0) is 32.5. The topological polar surface area (TPSA) is 65.1 Å². The number of carbonyl (C=O) groups excluding carboxylic acids is 2. The SMILES string of the molecule is CCCCCCCCCCCCC(CCCCCCC/C=C\CC(CCCCCC)OC(C)=O)OC(=O)OCCCN(C)C. The van der Waals surface area contributed by atoms with Gasteiger partial charge in [0.15, 0.2) is 0 Å². The molecule has 0 saturated heterocycles. The van der Waals surface area contributed by atoms with E-state index < -0.39 is 6.16 Å². The first-order valence-electron chi connectivity index (χ1n) is 18.7. The molecule has 6 nitrogen and oxygen atoms in total. The Kier molecular flexibility index (Phi) is 31.7. The summed E-state index contributed by atoms with van der Waals surface area (Å²) >= 11 is 0. The fourth-order valence-corrected chi connectivity index (χ4v) is 5.62. The second-order valence-electron chi connectivity index (χ2n) is 13.1. The van der Waals surface area contributed by atoms with E-state index >= 15 is 0 Å². The van der Waals surface area contributed by atoms with Gasteiger partial charge in [0.2, 0.25) is 0 Å². The van der Waals surface area contributed by atoms with Crippen molar-refractivity contribution in [3.63, 3.8) is 0 Å². The van der Waals surface area contributed by atoms with Crippen molar-refractivity contribution in [1.29, 1.82) is 0 Å². The van der Waals surface area contributed by atoms with Gasteiger partial charge in [0.1, 0.15) is 12.2 Å².